The zero-order chi connectivity index (χ0) is 21.1. The minimum Gasteiger partial charge on any atom is -0.385 e. The van der Waals surface area contributed by atoms with Crippen LogP contribution in [0.2, 0.25) is 0 Å². The van der Waals surface area contributed by atoms with Crippen LogP contribution in [-0.4, -0.2) is 47.5 Å². The highest BCUT2D eigenvalue weighted by molar-refractivity contribution is 7.73. The molecule has 0 spiro atoms. The van der Waals surface area contributed by atoms with E-state index >= 15 is 0 Å². The summed E-state index contributed by atoms with van der Waals surface area (Å²) < 4.78 is 7.01. The molecular weight excluding hydrogens is 412 g/mol. The molecule has 0 saturated heterocycles. The first kappa shape index (κ1) is 21.2. The number of fused-ring (bicyclic) bond motifs is 3. The number of hydrogen-bond acceptors (Lipinski definition) is 6. The number of thiazole rings is 1. The van der Waals surface area contributed by atoms with Crippen molar-refractivity contribution in [2.75, 3.05) is 20.3 Å². The quantitative estimate of drug-likeness (QED) is 0.391. The number of benzene rings is 1. The Balaban J connectivity index is 2.09. The number of amides is 2. The number of nitrogens with zero attached hydrogens (tertiary/aromatic N) is 1. The van der Waals surface area contributed by atoms with Crippen LogP contribution in [0.5, 0.6) is 0 Å². The van der Waals surface area contributed by atoms with Gasteiger partial charge in [-0.1, -0.05) is 11.3 Å². The predicted octanol–water partition coefficient (Wildman–Crippen LogP) is 2.48. The number of nitrogens with one attached hydrogen (secondary N) is 3. The van der Waals surface area contributed by atoms with Crippen LogP contribution in [0.15, 0.2) is 23.0 Å². The third-order valence-electron chi connectivity index (χ3n) is 4.22. The fourth-order valence-corrected chi connectivity index (χ4v) is 4.22. The van der Waals surface area contributed by atoms with Gasteiger partial charge in [-0.05, 0) is 50.7 Å². The number of aromatic amines is 1. The van der Waals surface area contributed by atoms with Gasteiger partial charge < -0.3 is 20.4 Å². The largest absolute Gasteiger partial charge is 0.385 e. The lowest BCUT2D eigenvalue weighted by molar-refractivity contribution is 0.0939. The molecule has 0 saturated carbocycles. The third kappa shape index (κ3) is 4.39. The lowest BCUT2D eigenvalue weighted by Crippen LogP contribution is -2.30. The average molecular weight is 435 g/mol. The van der Waals surface area contributed by atoms with Crippen molar-refractivity contribution in [1.82, 2.24) is 20.0 Å². The summed E-state index contributed by atoms with van der Waals surface area (Å²) in [5.41, 5.74) is 0.869. The summed E-state index contributed by atoms with van der Waals surface area (Å²) in [6.07, 6.45) is 0.698. The van der Waals surface area contributed by atoms with Gasteiger partial charge in [0.1, 0.15) is 10.5 Å². The molecule has 0 fully saturated rings. The van der Waals surface area contributed by atoms with Crippen LogP contribution in [0.1, 0.15) is 40.3 Å². The molecule has 2 amide bonds. The van der Waals surface area contributed by atoms with Gasteiger partial charge in [-0.25, -0.2) is 0 Å². The fraction of sp³-hybridized carbons (Fsp3) is 0.368. The Hall–Kier alpha value is -2.56. The van der Waals surface area contributed by atoms with E-state index in [4.69, 9.17) is 17.0 Å². The van der Waals surface area contributed by atoms with E-state index in [1.807, 2.05) is 13.8 Å². The molecule has 1 aromatic carbocycles. The van der Waals surface area contributed by atoms with Crippen LogP contribution in [0.3, 0.4) is 0 Å². The number of aromatic nitrogens is 2. The van der Waals surface area contributed by atoms with Gasteiger partial charge in [0.2, 0.25) is 0 Å². The van der Waals surface area contributed by atoms with E-state index in [1.165, 1.54) is 0 Å². The third-order valence-corrected chi connectivity index (χ3v) is 5.60. The number of methoxy groups -OCH3 is 1. The first-order valence-electron chi connectivity index (χ1n) is 9.13. The van der Waals surface area contributed by atoms with Crippen LogP contribution in [0.4, 0.5) is 0 Å². The van der Waals surface area contributed by atoms with Crippen molar-refractivity contribution in [3.05, 3.63) is 42.9 Å². The van der Waals surface area contributed by atoms with Gasteiger partial charge in [-0.3, -0.25) is 18.8 Å². The highest BCUT2D eigenvalue weighted by atomic mass is 32.1. The van der Waals surface area contributed by atoms with Crippen molar-refractivity contribution in [3.63, 3.8) is 0 Å². The highest BCUT2D eigenvalue weighted by Crippen LogP contribution is 2.23. The summed E-state index contributed by atoms with van der Waals surface area (Å²) in [6.45, 7) is 4.74. The summed E-state index contributed by atoms with van der Waals surface area (Å²) in [5.74, 6) is -0.559. The Kier molecular flexibility index (Phi) is 6.46. The summed E-state index contributed by atoms with van der Waals surface area (Å²) in [6, 6.07) is 4.75. The Bertz CT molecular complexity index is 1190. The van der Waals surface area contributed by atoms with Crippen molar-refractivity contribution in [3.8, 4) is 0 Å². The first-order valence-corrected chi connectivity index (χ1v) is 10.4. The highest BCUT2D eigenvalue weighted by Gasteiger charge is 2.19. The van der Waals surface area contributed by atoms with Crippen LogP contribution in [0, 0.1) is 3.95 Å². The second-order valence-electron chi connectivity index (χ2n) is 6.80. The molecule has 0 aliphatic rings. The molecule has 0 aliphatic carbocycles. The molecule has 10 heteroatoms. The predicted molar refractivity (Wildman–Crippen MR) is 116 cm³/mol. The SMILES string of the molecule is COCCCNC(=O)c1ccc2c(=O)[nH]c3c(C(=O)NC(C)C)sc(=S)n3c2c1. The summed E-state index contributed by atoms with van der Waals surface area (Å²) in [4.78, 5) is 40.6. The van der Waals surface area contributed by atoms with Gasteiger partial charge in [-0.2, -0.15) is 0 Å². The Morgan fingerprint density at radius 1 is 1.31 bits per heavy atom. The smallest absolute Gasteiger partial charge is 0.265 e. The van der Waals surface area contributed by atoms with Crippen molar-refractivity contribution >= 4 is 51.9 Å². The topological polar surface area (TPSA) is 105 Å². The van der Waals surface area contributed by atoms with E-state index < -0.39 is 0 Å². The van der Waals surface area contributed by atoms with Gasteiger partial charge in [0.15, 0.2) is 3.95 Å². The Morgan fingerprint density at radius 3 is 2.76 bits per heavy atom. The maximum Gasteiger partial charge on any atom is 0.265 e. The van der Waals surface area contributed by atoms with Crippen LogP contribution in [0.25, 0.3) is 16.6 Å². The van der Waals surface area contributed by atoms with Crippen LogP contribution >= 0.6 is 23.6 Å². The van der Waals surface area contributed by atoms with Gasteiger partial charge in [0.25, 0.3) is 17.4 Å². The minimum atomic E-state index is -0.349. The van der Waals surface area contributed by atoms with Crippen LogP contribution in [-0.2, 0) is 4.74 Å². The number of carbonyl (C=O) groups is 2. The molecule has 8 nitrogen and oxygen atoms in total. The molecule has 0 radical (unpaired) electrons. The second-order valence-corrected chi connectivity index (χ2v) is 8.44. The lowest BCUT2D eigenvalue weighted by Gasteiger charge is -2.09. The fourth-order valence-electron chi connectivity index (χ4n) is 2.93. The van der Waals surface area contributed by atoms with E-state index in [1.54, 1.807) is 29.7 Å². The molecule has 0 atom stereocenters. The maximum absolute atomic E-state index is 12.6. The van der Waals surface area contributed by atoms with Crippen molar-refractivity contribution in [1.29, 1.82) is 0 Å². The molecule has 0 aliphatic heterocycles. The number of carbonyl (C=O) groups excluding carboxylic acids is 2. The molecule has 3 N–H and O–H groups in total. The molecule has 2 heterocycles. The van der Waals surface area contributed by atoms with Gasteiger partial charge >= 0.3 is 0 Å². The second kappa shape index (κ2) is 8.85. The lowest BCUT2D eigenvalue weighted by atomic mass is 10.1. The zero-order valence-corrected chi connectivity index (χ0v) is 18.0. The van der Waals surface area contributed by atoms with Crippen molar-refractivity contribution in [2.45, 2.75) is 26.3 Å². The Morgan fingerprint density at radius 2 is 2.07 bits per heavy atom. The number of ether oxygens (including phenoxy) is 1. The van der Waals surface area contributed by atoms with Gasteiger partial charge in [0, 0.05) is 31.9 Å². The molecular formula is C19H22N4O4S2. The van der Waals surface area contributed by atoms with E-state index in [2.05, 4.69) is 15.6 Å². The number of H-pyrrole nitrogens is 1. The molecule has 3 rings (SSSR count). The van der Waals surface area contributed by atoms with Gasteiger partial charge in [-0.15, -0.1) is 0 Å². The minimum absolute atomic E-state index is 0.0567. The molecule has 29 heavy (non-hydrogen) atoms. The first-order chi connectivity index (χ1) is 13.8. The molecule has 0 bridgehead atoms. The molecule has 2 aromatic heterocycles. The maximum atomic E-state index is 12.6. The van der Waals surface area contributed by atoms with E-state index in [0.717, 1.165) is 11.3 Å². The standard InChI is InChI=1S/C19H22N4O4S2/c1-10(2)21-18(26)14-15-22-17(25)12-6-5-11(16(24)20-7-4-8-27-3)9-13(12)23(15)19(28)29-14/h5-6,9-10H,4,7-8H2,1-3H3,(H,20,24)(H,21,26)(H,22,25). The summed E-state index contributed by atoms with van der Waals surface area (Å²) in [5, 5.41) is 6.02. The van der Waals surface area contributed by atoms with E-state index in [0.29, 0.717) is 50.5 Å². The van der Waals surface area contributed by atoms with Crippen LogP contribution < -0.4 is 16.2 Å². The van der Waals surface area contributed by atoms with Crippen molar-refractivity contribution in [2.24, 2.45) is 0 Å². The Labute approximate surface area is 175 Å². The van der Waals surface area contributed by atoms with E-state index in [-0.39, 0.29) is 23.4 Å². The molecule has 3 aromatic rings. The molecule has 154 valence electrons. The molecule has 0 unspecified atom stereocenters. The monoisotopic (exact) mass is 434 g/mol. The van der Waals surface area contributed by atoms with E-state index in [9.17, 15) is 14.4 Å². The zero-order valence-electron chi connectivity index (χ0n) is 16.3. The summed E-state index contributed by atoms with van der Waals surface area (Å²) >= 11 is 6.57. The average Bonchev–Trinajstić information content (AvgIpc) is 3.01. The van der Waals surface area contributed by atoms with Crippen molar-refractivity contribution < 1.29 is 14.3 Å². The summed E-state index contributed by atoms with van der Waals surface area (Å²) in [7, 11) is 1.61. The normalized spacial score (nSPS) is 11.3. The number of hydrogen-bond donors (Lipinski definition) is 3. The van der Waals surface area contributed by atoms with Gasteiger partial charge in [0.05, 0.1) is 10.9 Å². The number of rotatable bonds is 7.